The smallest absolute Gasteiger partial charge is 0.0952 e. The molecule has 2 heterocycles. The maximum absolute atomic E-state index is 5.96. The van der Waals surface area contributed by atoms with Gasteiger partial charge in [0.05, 0.1) is 29.0 Å². The minimum absolute atomic E-state index is 0. The van der Waals surface area contributed by atoms with Crippen LogP contribution in [0.5, 0.6) is 0 Å². The van der Waals surface area contributed by atoms with Gasteiger partial charge in [0.15, 0.2) is 0 Å². The van der Waals surface area contributed by atoms with Gasteiger partial charge in [-0.3, -0.25) is 0 Å². The number of aromatic nitrogens is 3. The van der Waals surface area contributed by atoms with Crippen LogP contribution in [0.15, 0.2) is 30.7 Å². The Morgan fingerprint density at radius 1 is 1.39 bits per heavy atom. The van der Waals surface area contributed by atoms with Crippen LogP contribution >= 0.6 is 35.5 Å². The Balaban J connectivity index is 0.00000120. The van der Waals surface area contributed by atoms with E-state index in [9.17, 15) is 0 Å². The van der Waals surface area contributed by atoms with Crippen molar-refractivity contribution in [1.29, 1.82) is 0 Å². The summed E-state index contributed by atoms with van der Waals surface area (Å²) in [6.07, 6.45) is 3.84. The van der Waals surface area contributed by atoms with Gasteiger partial charge in [-0.05, 0) is 30.6 Å². The van der Waals surface area contributed by atoms with Crippen molar-refractivity contribution in [3.63, 3.8) is 0 Å². The lowest BCUT2D eigenvalue weighted by atomic mass is 10.2. The molecule has 3 rings (SSSR count). The first-order valence-electron chi connectivity index (χ1n) is 5.24. The number of nitrogens with zero attached hydrogens (tertiary/aromatic N) is 3. The van der Waals surface area contributed by atoms with Crippen LogP contribution in [0.4, 0.5) is 0 Å². The highest BCUT2D eigenvalue weighted by Crippen LogP contribution is 2.26. The van der Waals surface area contributed by atoms with E-state index in [4.69, 9.17) is 11.6 Å². The number of hydrogen-bond acceptors (Lipinski definition) is 3. The normalized spacial score (nSPS) is 10.6. The van der Waals surface area contributed by atoms with Gasteiger partial charge in [-0.15, -0.1) is 12.4 Å². The molecule has 94 valence electrons. The van der Waals surface area contributed by atoms with Gasteiger partial charge < -0.3 is 4.57 Å². The fraction of sp³-hybridized carbons (Fsp3) is 0.167. The van der Waals surface area contributed by atoms with Gasteiger partial charge in [-0.1, -0.05) is 17.7 Å². The summed E-state index contributed by atoms with van der Waals surface area (Å²) in [4.78, 5) is 4.21. The highest BCUT2D eigenvalue weighted by molar-refractivity contribution is 7.13. The van der Waals surface area contributed by atoms with E-state index in [-0.39, 0.29) is 12.4 Å². The Morgan fingerprint density at radius 3 is 2.94 bits per heavy atom. The van der Waals surface area contributed by atoms with Crippen molar-refractivity contribution in [2.24, 2.45) is 0 Å². The van der Waals surface area contributed by atoms with Gasteiger partial charge in [0, 0.05) is 16.6 Å². The molecule has 0 aliphatic heterocycles. The molecule has 1 aromatic carbocycles. The predicted octanol–water partition coefficient (Wildman–Crippen LogP) is 3.92. The molecule has 0 N–H and O–H groups in total. The molecule has 0 fully saturated rings. The van der Waals surface area contributed by atoms with Gasteiger partial charge in [0.1, 0.15) is 0 Å². The zero-order chi connectivity index (χ0) is 11.8. The van der Waals surface area contributed by atoms with Crippen molar-refractivity contribution in [1.82, 2.24) is 13.9 Å². The van der Waals surface area contributed by atoms with Gasteiger partial charge in [0.2, 0.25) is 0 Å². The van der Waals surface area contributed by atoms with E-state index in [1.165, 1.54) is 16.9 Å². The molecule has 2 aromatic heterocycles. The standard InChI is InChI=1S/C12H10ClN3S.ClH/c1-8-5-16(7-14-8)6-11-10-3-2-9(13)4-12(10)17-15-11;/h2-5,7H,6H2,1H3;1H. The van der Waals surface area contributed by atoms with Gasteiger partial charge in [0.25, 0.3) is 0 Å². The zero-order valence-electron chi connectivity index (χ0n) is 9.63. The first kappa shape index (κ1) is 13.3. The summed E-state index contributed by atoms with van der Waals surface area (Å²) in [6.45, 7) is 2.73. The number of fused-ring (bicyclic) bond motifs is 1. The molecule has 3 aromatic rings. The molecule has 3 nitrogen and oxygen atoms in total. The molecule has 0 bridgehead atoms. The van der Waals surface area contributed by atoms with Crippen molar-refractivity contribution in [3.8, 4) is 0 Å². The lowest BCUT2D eigenvalue weighted by Gasteiger charge is -1.99. The third kappa shape index (κ3) is 2.51. The predicted molar refractivity (Wildman–Crippen MR) is 77.9 cm³/mol. The van der Waals surface area contributed by atoms with E-state index in [1.807, 2.05) is 42.2 Å². The van der Waals surface area contributed by atoms with Gasteiger partial charge in [-0.2, -0.15) is 4.37 Å². The summed E-state index contributed by atoms with van der Waals surface area (Å²) >= 11 is 7.44. The molecular formula is C12H11Cl2N3S. The molecule has 18 heavy (non-hydrogen) atoms. The Labute approximate surface area is 120 Å². The number of rotatable bonds is 2. The summed E-state index contributed by atoms with van der Waals surface area (Å²) in [6, 6.07) is 5.89. The van der Waals surface area contributed by atoms with Crippen LogP contribution in [0, 0.1) is 6.92 Å². The molecular weight excluding hydrogens is 289 g/mol. The van der Waals surface area contributed by atoms with Crippen LogP contribution in [-0.2, 0) is 6.54 Å². The fourth-order valence-corrected chi connectivity index (χ4v) is 2.87. The third-order valence-corrected chi connectivity index (χ3v) is 3.68. The Kier molecular flexibility index (Phi) is 3.90. The topological polar surface area (TPSA) is 30.7 Å². The monoisotopic (exact) mass is 299 g/mol. The average molecular weight is 300 g/mol. The number of hydrogen-bond donors (Lipinski definition) is 0. The van der Waals surface area contributed by atoms with Crippen LogP contribution in [0.25, 0.3) is 10.1 Å². The van der Waals surface area contributed by atoms with Crippen LogP contribution < -0.4 is 0 Å². The molecule has 0 amide bonds. The fourth-order valence-electron chi connectivity index (χ4n) is 1.81. The van der Waals surface area contributed by atoms with Crippen molar-refractivity contribution in [3.05, 3.63) is 47.1 Å². The number of imidazole rings is 1. The molecule has 0 saturated carbocycles. The van der Waals surface area contributed by atoms with Crippen molar-refractivity contribution < 1.29 is 0 Å². The van der Waals surface area contributed by atoms with E-state index < -0.39 is 0 Å². The van der Waals surface area contributed by atoms with E-state index >= 15 is 0 Å². The molecule has 6 heteroatoms. The highest BCUT2D eigenvalue weighted by Gasteiger charge is 2.07. The molecule has 0 saturated heterocycles. The Hall–Kier alpha value is -1.10. The molecule has 0 atom stereocenters. The van der Waals surface area contributed by atoms with Crippen molar-refractivity contribution in [2.45, 2.75) is 13.5 Å². The second-order valence-electron chi connectivity index (χ2n) is 3.96. The Bertz CT molecular complexity index is 675. The van der Waals surface area contributed by atoms with E-state index in [2.05, 4.69) is 9.36 Å². The minimum atomic E-state index is 0. The zero-order valence-corrected chi connectivity index (χ0v) is 12.0. The summed E-state index contributed by atoms with van der Waals surface area (Å²) < 4.78 is 7.64. The lowest BCUT2D eigenvalue weighted by Crippen LogP contribution is -1.96. The Morgan fingerprint density at radius 2 is 2.22 bits per heavy atom. The van der Waals surface area contributed by atoms with Crippen molar-refractivity contribution in [2.75, 3.05) is 0 Å². The quantitative estimate of drug-likeness (QED) is 0.718. The summed E-state index contributed by atoms with van der Waals surface area (Å²) in [5.74, 6) is 0. The minimum Gasteiger partial charge on any atom is -0.331 e. The van der Waals surface area contributed by atoms with E-state index in [0.717, 1.165) is 27.7 Å². The van der Waals surface area contributed by atoms with Crippen LogP contribution in [-0.4, -0.2) is 13.9 Å². The summed E-state index contributed by atoms with van der Waals surface area (Å²) in [5, 5.41) is 1.93. The van der Waals surface area contributed by atoms with Gasteiger partial charge >= 0.3 is 0 Å². The second-order valence-corrected chi connectivity index (χ2v) is 5.20. The maximum Gasteiger partial charge on any atom is 0.0952 e. The van der Waals surface area contributed by atoms with E-state index in [1.54, 1.807) is 0 Å². The molecule has 0 aliphatic rings. The number of aryl methyl sites for hydroxylation is 1. The number of benzene rings is 1. The molecule has 0 radical (unpaired) electrons. The summed E-state index contributed by atoms with van der Waals surface area (Å²) in [5.41, 5.74) is 2.09. The summed E-state index contributed by atoms with van der Waals surface area (Å²) in [7, 11) is 0. The lowest BCUT2D eigenvalue weighted by molar-refractivity contribution is 0.787. The highest BCUT2D eigenvalue weighted by atomic mass is 35.5. The maximum atomic E-state index is 5.96. The molecule has 0 unspecified atom stereocenters. The van der Waals surface area contributed by atoms with Crippen LogP contribution in [0.2, 0.25) is 5.02 Å². The molecule has 0 spiro atoms. The van der Waals surface area contributed by atoms with Gasteiger partial charge in [-0.25, -0.2) is 4.98 Å². The molecule has 0 aliphatic carbocycles. The van der Waals surface area contributed by atoms with Crippen LogP contribution in [0.1, 0.15) is 11.4 Å². The largest absolute Gasteiger partial charge is 0.331 e. The third-order valence-electron chi connectivity index (χ3n) is 2.60. The second kappa shape index (κ2) is 5.26. The van der Waals surface area contributed by atoms with Crippen LogP contribution in [0.3, 0.4) is 0 Å². The number of halogens is 2. The first-order chi connectivity index (χ1) is 8.22. The van der Waals surface area contributed by atoms with E-state index in [0.29, 0.717) is 0 Å². The van der Waals surface area contributed by atoms with Crippen molar-refractivity contribution >= 4 is 45.6 Å². The average Bonchev–Trinajstić information content (AvgIpc) is 2.86. The SMILES string of the molecule is Cc1cn(Cc2nsc3cc(Cl)ccc23)cn1.Cl. The first-order valence-corrected chi connectivity index (χ1v) is 6.40.